The van der Waals surface area contributed by atoms with E-state index in [1.54, 1.807) is 54.6 Å². The molecule has 8 heteroatoms. The molecule has 4 aromatic rings. The van der Waals surface area contributed by atoms with Crippen molar-refractivity contribution < 1.29 is 18.7 Å². The van der Waals surface area contributed by atoms with Crippen molar-refractivity contribution in [1.82, 2.24) is 5.32 Å². The molecule has 0 spiro atoms. The van der Waals surface area contributed by atoms with Crippen LogP contribution in [0.3, 0.4) is 0 Å². The highest BCUT2D eigenvalue weighted by atomic mass is 32.1. The molecule has 32 heavy (non-hydrogen) atoms. The molecule has 0 bridgehead atoms. The molecule has 0 atom stereocenters. The van der Waals surface area contributed by atoms with Gasteiger partial charge in [-0.2, -0.15) is 0 Å². The maximum Gasteiger partial charge on any atom is 0.344 e. The summed E-state index contributed by atoms with van der Waals surface area (Å²) in [7, 11) is 0. The molecule has 0 saturated carbocycles. The molecule has 1 aliphatic rings. The minimum Gasteiger partial charge on any atom is -0.454 e. The lowest BCUT2D eigenvalue weighted by atomic mass is 10.1. The molecule has 2 N–H and O–H groups in total. The zero-order valence-electron chi connectivity index (χ0n) is 16.6. The molecular formula is C24H16N2O5S. The summed E-state index contributed by atoms with van der Waals surface area (Å²) in [5, 5.41) is 6.58. The molecule has 7 nitrogen and oxygen atoms in total. The number of ether oxygens (including phenoxy) is 2. The van der Waals surface area contributed by atoms with Crippen molar-refractivity contribution in [2.45, 2.75) is 0 Å². The first kappa shape index (κ1) is 19.8. The molecule has 1 aliphatic heterocycles. The van der Waals surface area contributed by atoms with Gasteiger partial charge in [-0.1, -0.05) is 30.3 Å². The zero-order valence-corrected chi connectivity index (χ0v) is 17.4. The van der Waals surface area contributed by atoms with Crippen LogP contribution in [0.4, 0.5) is 5.69 Å². The highest BCUT2D eigenvalue weighted by molar-refractivity contribution is 7.80. The van der Waals surface area contributed by atoms with Gasteiger partial charge >= 0.3 is 5.63 Å². The lowest BCUT2D eigenvalue weighted by molar-refractivity contribution is 0.0977. The van der Waals surface area contributed by atoms with E-state index in [-0.39, 0.29) is 17.8 Å². The normalized spacial score (nSPS) is 11.9. The standard InChI is InChI=1S/C24H16N2O5S/c27-22(16-7-10-20-21(12-16)30-13-29-20)26-24(32)25-17-8-5-14(6-9-17)18-11-15-3-1-2-4-19(15)31-23(18)28/h1-12H,13H2,(H2,25,26,27,32). The number of carbonyl (C=O) groups is 1. The summed E-state index contributed by atoms with van der Waals surface area (Å²) in [6.07, 6.45) is 0. The Morgan fingerprint density at radius 1 is 0.906 bits per heavy atom. The summed E-state index contributed by atoms with van der Waals surface area (Å²) in [6.45, 7) is 0.136. The molecule has 3 aromatic carbocycles. The van der Waals surface area contributed by atoms with Gasteiger partial charge in [0.05, 0.1) is 5.56 Å². The molecule has 0 radical (unpaired) electrons. The first-order valence-corrected chi connectivity index (χ1v) is 10.1. The monoisotopic (exact) mass is 444 g/mol. The predicted octanol–water partition coefficient (Wildman–Crippen LogP) is 4.32. The Bertz CT molecular complexity index is 1410. The SMILES string of the molecule is O=C(NC(=S)Nc1ccc(-c2cc3ccccc3oc2=O)cc1)c1ccc2c(c1)OCO2. The lowest BCUT2D eigenvalue weighted by Crippen LogP contribution is -2.34. The van der Waals surface area contributed by atoms with E-state index >= 15 is 0 Å². The second kappa shape index (κ2) is 8.16. The fraction of sp³-hybridized carbons (Fsp3) is 0.0417. The van der Waals surface area contributed by atoms with Crippen LogP contribution in [0.1, 0.15) is 10.4 Å². The number of rotatable bonds is 3. The van der Waals surface area contributed by atoms with Gasteiger partial charge in [0.25, 0.3) is 5.91 Å². The van der Waals surface area contributed by atoms with Gasteiger partial charge in [-0.3, -0.25) is 10.1 Å². The van der Waals surface area contributed by atoms with Gasteiger partial charge in [-0.05, 0) is 60.2 Å². The third-order valence-electron chi connectivity index (χ3n) is 4.96. The summed E-state index contributed by atoms with van der Waals surface area (Å²) in [5.41, 5.74) is 2.38. The van der Waals surface area contributed by atoms with E-state index < -0.39 is 5.63 Å². The third-order valence-corrected chi connectivity index (χ3v) is 5.16. The number of amides is 1. The van der Waals surface area contributed by atoms with Crippen molar-refractivity contribution in [1.29, 1.82) is 0 Å². The van der Waals surface area contributed by atoms with Crippen molar-refractivity contribution in [3.05, 3.63) is 88.8 Å². The maximum atomic E-state index is 12.4. The first-order chi connectivity index (χ1) is 15.6. The van der Waals surface area contributed by atoms with Crippen LogP contribution in [0.15, 0.2) is 82.0 Å². The van der Waals surface area contributed by atoms with Crippen molar-refractivity contribution in [2.24, 2.45) is 0 Å². The van der Waals surface area contributed by atoms with Crippen LogP contribution in [0.2, 0.25) is 0 Å². The van der Waals surface area contributed by atoms with Crippen LogP contribution in [-0.2, 0) is 0 Å². The van der Waals surface area contributed by atoms with E-state index in [9.17, 15) is 9.59 Å². The van der Waals surface area contributed by atoms with Gasteiger partial charge in [-0.25, -0.2) is 4.79 Å². The van der Waals surface area contributed by atoms with Crippen molar-refractivity contribution in [3.8, 4) is 22.6 Å². The average Bonchev–Trinajstić information content (AvgIpc) is 3.27. The van der Waals surface area contributed by atoms with Crippen LogP contribution in [0, 0.1) is 0 Å². The van der Waals surface area contributed by atoms with Gasteiger partial charge < -0.3 is 19.2 Å². The Balaban J connectivity index is 1.27. The molecular weight excluding hydrogens is 428 g/mol. The van der Waals surface area contributed by atoms with Gasteiger partial charge in [0, 0.05) is 16.6 Å². The number of benzene rings is 3. The van der Waals surface area contributed by atoms with E-state index in [2.05, 4.69) is 10.6 Å². The quantitative estimate of drug-likeness (QED) is 0.359. The van der Waals surface area contributed by atoms with Gasteiger partial charge in [0.1, 0.15) is 5.58 Å². The van der Waals surface area contributed by atoms with E-state index in [0.717, 1.165) is 5.39 Å². The van der Waals surface area contributed by atoms with Gasteiger partial charge in [0.2, 0.25) is 6.79 Å². The number of hydrogen-bond acceptors (Lipinski definition) is 6. The van der Waals surface area contributed by atoms with Crippen LogP contribution < -0.4 is 25.7 Å². The van der Waals surface area contributed by atoms with Crippen molar-refractivity contribution >= 4 is 39.9 Å². The number of thiocarbonyl (C=S) groups is 1. The summed E-state index contributed by atoms with van der Waals surface area (Å²) in [4.78, 5) is 24.8. The minimum absolute atomic E-state index is 0.136. The van der Waals surface area contributed by atoms with Crippen LogP contribution >= 0.6 is 12.2 Å². The Hall–Kier alpha value is -4.17. The summed E-state index contributed by atoms with van der Waals surface area (Å²) >= 11 is 5.25. The first-order valence-electron chi connectivity index (χ1n) is 9.72. The molecule has 0 saturated heterocycles. The van der Waals surface area contributed by atoms with Gasteiger partial charge in [0.15, 0.2) is 16.6 Å². The average molecular weight is 444 g/mol. The number of nitrogens with one attached hydrogen (secondary N) is 2. The minimum atomic E-state index is -0.407. The van der Waals surface area contributed by atoms with E-state index in [0.29, 0.717) is 39.5 Å². The smallest absolute Gasteiger partial charge is 0.344 e. The van der Waals surface area contributed by atoms with Gasteiger partial charge in [-0.15, -0.1) is 0 Å². The zero-order chi connectivity index (χ0) is 22.1. The topological polar surface area (TPSA) is 89.8 Å². The van der Waals surface area contributed by atoms with Crippen LogP contribution in [0.25, 0.3) is 22.1 Å². The highest BCUT2D eigenvalue weighted by Gasteiger charge is 2.17. The van der Waals surface area contributed by atoms with Crippen molar-refractivity contribution in [2.75, 3.05) is 12.1 Å². The Kier molecular flexibility index (Phi) is 5.04. The van der Waals surface area contributed by atoms with Crippen LogP contribution in [0.5, 0.6) is 11.5 Å². The molecule has 2 heterocycles. The third kappa shape index (κ3) is 3.91. The largest absolute Gasteiger partial charge is 0.454 e. The maximum absolute atomic E-state index is 12.4. The fourth-order valence-electron chi connectivity index (χ4n) is 3.37. The predicted molar refractivity (Wildman–Crippen MR) is 124 cm³/mol. The highest BCUT2D eigenvalue weighted by Crippen LogP contribution is 2.32. The Labute approximate surface area is 187 Å². The molecule has 0 fully saturated rings. The Morgan fingerprint density at radius 3 is 2.53 bits per heavy atom. The summed E-state index contributed by atoms with van der Waals surface area (Å²) in [5.74, 6) is 0.749. The second-order valence-electron chi connectivity index (χ2n) is 7.04. The molecule has 0 aliphatic carbocycles. The Morgan fingerprint density at radius 2 is 1.69 bits per heavy atom. The number of fused-ring (bicyclic) bond motifs is 2. The lowest BCUT2D eigenvalue weighted by Gasteiger charge is -2.10. The molecule has 1 amide bonds. The van der Waals surface area contributed by atoms with Crippen LogP contribution in [-0.4, -0.2) is 17.8 Å². The second-order valence-corrected chi connectivity index (χ2v) is 7.45. The molecule has 1 aromatic heterocycles. The summed E-state index contributed by atoms with van der Waals surface area (Å²) < 4.78 is 15.9. The fourth-order valence-corrected chi connectivity index (χ4v) is 3.58. The van der Waals surface area contributed by atoms with E-state index in [1.165, 1.54) is 0 Å². The number of anilines is 1. The number of para-hydroxylation sites is 1. The van der Waals surface area contributed by atoms with Crippen molar-refractivity contribution in [3.63, 3.8) is 0 Å². The van der Waals surface area contributed by atoms with E-state index in [1.807, 2.05) is 18.2 Å². The molecule has 5 rings (SSSR count). The summed E-state index contributed by atoms with van der Waals surface area (Å²) in [6, 6.07) is 21.2. The molecule has 158 valence electrons. The number of carbonyl (C=O) groups excluding carboxylic acids is 1. The number of hydrogen-bond donors (Lipinski definition) is 2. The molecule has 0 unspecified atom stereocenters. The van der Waals surface area contributed by atoms with E-state index in [4.69, 9.17) is 26.1 Å².